The van der Waals surface area contributed by atoms with Crippen molar-refractivity contribution in [1.82, 2.24) is 10.2 Å². The second kappa shape index (κ2) is 5.10. The van der Waals surface area contributed by atoms with Gasteiger partial charge in [-0.2, -0.15) is 0 Å². The first kappa shape index (κ1) is 14.3. The summed E-state index contributed by atoms with van der Waals surface area (Å²) in [7, 11) is 1.35. The van der Waals surface area contributed by atoms with Crippen molar-refractivity contribution in [2.24, 2.45) is 0 Å². The van der Waals surface area contributed by atoms with Crippen LogP contribution in [-0.4, -0.2) is 57.0 Å². The molecule has 2 atom stereocenters. The monoisotopic (exact) mass is 274 g/mol. The molecule has 106 valence electrons. The third kappa shape index (κ3) is 2.73. The first-order valence-electron chi connectivity index (χ1n) is 6.95. The SMILES string of the molecule is CN(C)C1(CNC2CCCC2S(C)(=O)=O)CCC1. The van der Waals surface area contributed by atoms with Crippen LogP contribution in [0, 0.1) is 0 Å². The molecule has 0 aliphatic heterocycles. The van der Waals surface area contributed by atoms with Crippen LogP contribution in [0.3, 0.4) is 0 Å². The molecule has 5 heteroatoms. The second-order valence-electron chi connectivity index (χ2n) is 6.26. The van der Waals surface area contributed by atoms with Gasteiger partial charge in [0.2, 0.25) is 0 Å². The fourth-order valence-electron chi connectivity index (χ4n) is 3.36. The topological polar surface area (TPSA) is 49.4 Å². The first-order chi connectivity index (χ1) is 8.35. The first-order valence-corrected chi connectivity index (χ1v) is 8.90. The Labute approximate surface area is 111 Å². The highest BCUT2D eigenvalue weighted by atomic mass is 32.2. The average Bonchev–Trinajstić information content (AvgIpc) is 2.62. The standard InChI is InChI=1S/C13H26N2O2S/c1-15(2)13(8-5-9-13)10-14-11-6-4-7-12(11)18(3,16)17/h11-12,14H,4-10H2,1-3H3. The highest BCUT2D eigenvalue weighted by molar-refractivity contribution is 7.91. The minimum absolute atomic E-state index is 0.164. The van der Waals surface area contributed by atoms with Crippen molar-refractivity contribution in [3.05, 3.63) is 0 Å². The third-order valence-corrected chi connectivity index (χ3v) is 6.59. The van der Waals surface area contributed by atoms with Crippen molar-refractivity contribution in [2.75, 3.05) is 26.9 Å². The van der Waals surface area contributed by atoms with E-state index in [1.807, 2.05) is 0 Å². The average molecular weight is 274 g/mol. The van der Waals surface area contributed by atoms with Crippen LogP contribution in [0.25, 0.3) is 0 Å². The van der Waals surface area contributed by atoms with E-state index >= 15 is 0 Å². The van der Waals surface area contributed by atoms with Gasteiger partial charge in [0.15, 0.2) is 9.84 Å². The van der Waals surface area contributed by atoms with Gasteiger partial charge in [0.05, 0.1) is 5.25 Å². The Morgan fingerprint density at radius 1 is 1.22 bits per heavy atom. The fraction of sp³-hybridized carbons (Fsp3) is 1.00. The van der Waals surface area contributed by atoms with E-state index in [2.05, 4.69) is 24.3 Å². The minimum Gasteiger partial charge on any atom is -0.311 e. The zero-order valence-electron chi connectivity index (χ0n) is 11.8. The molecule has 0 radical (unpaired) electrons. The summed E-state index contributed by atoms with van der Waals surface area (Å²) in [5.41, 5.74) is 0.268. The largest absolute Gasteiger partial charge is 0.311 e. The molecule has 2 aliphatic rings. The van der Waals surface area contributed by atoms with Gasteiger partial charge >= 0.3 is 0 Å². The molecule has 1 N–H and O–H groups in total. The van der Waals surface area contributed by atoms with E-state index in [0.717, 1.165) is 25.8 Å². The number of likely N-dealkylation sites (N-methyl/N-ethyl adjacent to an activating group) is 1. The minimum atomic E-state index is -2.90. The zero-order chi connectivity index (χ0) is 13.4. The molecule has 0 aromatic rings. The van der Waals surface area contributed by atoms with E-state index in [1.54, 1.807) is 0 Å². The Balaban J connectivity index is 1.94. The maximum absolute atomic E-state index is 11.7. The van der Waals surface area contributed by atoms with Crippen LogP contribution in [-0.2, 0) is 9.84 Å². The fourth-order valence-corrected chi connectivity index (χ4v) is 4.78. The lowest BCUT2D eigenvalue weighted by atomic mass is 9.75. The molecule has 2 aliphatic carbocycles. The number of hydrogen-bond donors (Lipinski definition) is 1. The molecule has 18 heavy (non-hydrogen) atoms. The molecule has 2 fully saturated rings. The van der Waals surface area contributed by atoms with E-state index in [9.17, 15) is 8.42 Å². The Kier molecular flexibility index (Phi) is 4.04. The summed E-state index contributed by atoms with van der Waals surface area (Å²) in [6.45, 7) is 0.927. The summed E-state index contributed by atoms with van der Waals surface area (Å²) in [6, 6.07) is 0.164. The van der Waals surface area contributed by atoms with E-state index < -0.39 is 9.84 Å². The highest BCUT2D eigenvalue weighted by Gasteiger charge is 2.41. The molecule has 0 spiro atoms. The predicted octanol–water partition coefficient (Wildman–Crippen LogP) is 1.03. The normalized spacial score (nSPS) is 31.6. The molecule has 0 heterocycles. The van der Waals surface area contributed by atoms with E-state index in [0.29, 0.717) is 0 Å². The van der Waals surface area contributed by atoms with Crippen molar-refractivity contribution in [2.45, 2.75) is 55.4 Å². The quantitative estimate of drug-likeness (QED) is 0.813. The zero-order valence-corrected chi connectivity index (χ0v) is 12.6. The van der Waals surface area contributed by atoms with Gasteiger partial charge < -0.3 is 10.2 Å². The Bertz CT molecular complexity index is 388. The van der Waals surface area contributed by atoms with Crippen molar-refractivity contribution in [3.63, 3.8) is 0 Å². The smallest absolute Gasteiger partial charge is 0.151 e. The van der Waals surface area contributed by atoms with Gasteiger partial charge in [-0.05, 0) is 46.2 Å². The molecule has 2 rings (SSSR count). The van der Waals surface area contributed by atoms with Crippen LogP contribution in [0.1, 0.15) is 38.5 Å². The van der Waals surface area contributed by atoms with Gasteiger partial charge in [-0.25, -0.2) is 8.42 Å². The van der Waals surface area contributed by atoms with Gasteiger partial charge in [0.1, 0.15) is 0 Å². The molecule has 0 saturated heterocycles. The summed E-state index contributed by atoms with van der Waals surface area (Å²) in [4.78, 5) is 2.30. The molecule has 4 nitrogen and oxygen atoms in total. The molecule has 0 bridgehead atoms. The molecule has 0 aromatic heterocycles. The van der Waals surface area contributed by atoms with Crippen molar-refractivity contribution in [1.29, 1.82) is 0 Å². The number of nitrogens with one attached hydrogen (secondary N) is 1. The van der Waals surface area contributed by atoms with Gasteiger partial charge in [0.25, 0.3) is 0 Å². The van der Waals surface area contributed by atoms with Crippen LogP contribution in [0.5, 0.6) is 0 Å². The third-order valence-electron chi connectivity index (χ3n) is 4.93. The Hall–Kier alpha value is -0.130. The van der Waals surface area contributed by atoms with Crippen molar-refractivity contribution >= 4 is 9.84 Å². The second-order valence-corrected chi connectivity index (χ2v) is 8.52. The van der Waals surface area contributed by atoms with Gasteiger partial charge in [-0.1, -0.05) is 6.42 Å². The number of sulfone groups is 1. The van der Waals surface area contributed by atoms with Gasteiger partial charge in [-0.3, -0.25) is 0 Å². The van der Waals surface area contributed by atoms with E-state index in [1.165, 1.54) is 25.5 Å². The molecular formula is C13H26N2O2S. The summed E-state index contributed by atoms with van der Waals surface area (Å²) in [6.07, 6.45) is 7.98. The molecule has 0 amide bonds. The lowest BCUT2D eigenvalue weighted by Crippen LogP contribution is -2.58. The lowest BCUT2D eigenvalue weighted by molar-refractivity contribution is 0.0574. The number of rotatable bonds is 5. The maximum atomic E-state index is 11.7. The van der Waals surface area contributed by atoms with Crippen molar-refractivity contribution < 1.29 is 8.42 Å². The van der Waals surface area contributed by atoms with Crippen LogP contribution in [0.4, 0.5) is 0 Å². The number of hydrogen-bond acceptors (Lipinski definition) is 4. The number of nitrogens with zero attached hydrogens (tertiary/aromatic N) is 1. The van der Waals surface area contributed by atoms with E-state index in [-0.39, 0.29) is 16.8 Å². The van der Waals surface area contributed by atoms with Crippen molar-refractivity contribution in [3.8, 4) is 0 Å². The van der Waals surface area contributed by atoms with Gasteiger partial charge in [0, 0.05) is 24.4 Å². The Morgan fingerprint density at radius 3 is 2.33 bits per heavy atom. The Morgan fingerprint density at radius 2 is 1.89 bits per heavy atom. The van der Waals surface area contributed by atoms with Crippen LogP contribution in [0.2, 0.25) is 0 Å². The predicted molar refractivity (Wildman–Crippen MR) is 74.5 cm³/mol. The summed E-state index contributed by atoms with van der Waals surface area (Å²) in [5.74, 6) is 0. The maximum Gasteiger partial charge on any atom is 0.151 e. The van der Waals surface area contributed by atoms with Crippen LogP contribution >= 0.6 is 0 Å². The molecule has 2 unspecified atom stereocenters. The molecular weight excluding hydrogens is 248 g/mol. The van der Waals surface area contributed by atoms with Crippen LogP contribution < -0.4 is 5.32 Å². The highest BCUT2D eigenvalue weighted by Crippen LogP contribution is 2.36. The van der Waals surface area contributed by atoms with Crippen LogP contribution in [0.15, 0.2) is 0 Å². The van der Waals surface area contributed by atoms with Gasteiger partial charge in [-0.15, -0.1) is 0 Å². The molecule has 0 aromatic carbocycles. The summed E-state index contributed by atoms with van der Waals surface area (Å²) in [5, 5.41) is 3.37. The lowest BCUT2D eigenvalue weighted by Gasteiger charge is -2.48. The van der Waals surface area contributed by atoms with E-state index in [4.69, 9.17) is 0 Å². The summed E-state index contributed by atoms with van der Waals surface area (Å²) < 4.78 is 23.5. The summed E-state index contributed by atoms with van der Waals surface area (Å²) >= 11 is 0. The molecule has 2 saturated carbocycles.